The number of rotatable bonds is 2. The lowest BCUT2D eigenvalue weighted by Gasteiger charge is -2.46. The summed E-state index contributed by atoms with van der Waals surface area (Å²) in [7, 11) is 0. The molecule has 2 aliphatic carbocycles. The Hall–Kier alpha value is -1.36. The second kappa shape index (κ2) is 6.33. The first kappa shape index (κ1) is 19.0. The van der Waals surface area contributed by atoms with Crippen LogP contribution in [0.3, 0.4) is 0 Å². The molecule has 2 bridgehead atoms. The molecule has 0 radical (unpaired) electrons. The molecule has 2 heterocycles. The van der Waals surface area contributed by atoms with Gasteiger partial charge in [-0.05, 0) is 54.8 Å². The Labute approximate surface area is 161 Å². The number of hydrogen-bond acceptors (Lipinski definition) is 5. The molecule has 0 aromatic carbocycles. The summed E-state index contributed by atoms with van der Waals surface area (Å²) in [5.74, 6) is 0.244. The molecule has 0 spiro atoms. The Kier molecular flexibility index (Phi) is 4.45. The fourth-order valence-electron chi connectivity index (χ4n) is 6.79. The van der Waals surface area contributed by atoms with Crippen LogP contribution in [-0.4, -0.2) is 24.5 Å². The van der Waals surface area contributed by atoms with Gasteiger partial charge in [-0.1, -0.05) is 32.9 Å². The van der Waals surface area contributed by atoms with Crippen molar-refractivity contribution in [2.45, 2.75) is 78.8 Å². The summed E-state index contributed by atoms with van der Waals surface area (Å²) in [6.45, 7) is 13.0. The number of fused-ring (bicyclic) bond motifs is 3. The Morgan fingerprint density at radius 1 is 1.26 bits per heavy atom. The molecule has 7 atom stereocenters. The normalized spacial score (nSPS) is 45.8. The highest BCUT2D eigenvalue weighted by molar-refractivity contribution is 5.71. The smallest absolute Gasteiger partial charge is 0.308 e. The lowest BCUT2D eigenvalue weighted by Crippen LogP contribution is -2.47. The molecule has 0 amide bonds. The average Bonchev–Trinajstić information content (AvgIpc) is 2.97. The topological polar surface area (TPSA) is 61.8 Å². The van der Waals surface area contributed by atoms with Crippen molar-refractivity contribution in [3.8, 4) is 0 Å². The molecule has 5 nitrogen and oxygen atoms in total. The van der Waals surface area contributed by atoms with E-state index in [1.165, 1.54) is 25.3 Å². The highest BCUT2D eigenvalue weighted by Gasteiger charge is 2.64. The van der Waals surface area contributed by atoms with Crippen LogP contribution in [0.15, 0.2) is 12.2 Å². The number of allylic oxidation sites excluding steroid dienone is 1. The van der Waals surface area contributed by atoms with Gasteiger partial charge in [0.25, 0.3) is 0 Å². The van der Waals surface area contributed by atoms with Gasteiger partial charge in [-0.2, -0.15) is 0 Å². The molecule has 0 N–H and O–H groups in total. The largest absolute Gasteiger partial charge is 0.435 e. The molecule has 4 aliphatic rings. The lowest BCUT2D eigenvalue weighted by molar-refractivity contribution is -0.213. The summed E-state index contributed by atoms with van der Waals surface area (Å²) in [6, 6.07) is 0. The molecule has 0 aromatic rings. The summed E-state index contributed by atoms with van der Waals surface area (Å²) in [5, 5.41) is 0. The van der Waals surface area contributed by atoms with Crippen LogP contribution < -0.4 is 0 Å². The Balaban J connectivity index is 1.70. The van der Waals surface area contributed by atoms with Crippen LogP contribution in [0.4, 0.5) is 0 Å². The molecule has 5 heteroatoms. The van der Waals surface area contributed by atoms with Gasteiger partial charge in [-0.3, -0.25) is 9.59 Å². The second-order valence-corrected chi connectivity index (χ2v) is 9.99. The summed E-state index contributed by atoms with van der Waals surface area (Å²) >= 11 is 0. The van der Waals surface area contributed by atoms with Gasteiger partial charge in [0.05, 0.1) is 6.42 Å². The van der Waals surface area contributed by atoms with Crippen molar-refractivity contribution in [1.29, 1.82) is 0 Å². The maximum Gasteiger partial charge on any atom is 0.308 e. The zero-order valence-electron chi connectivity index (χ0n) is 17.0. The highest BCUT2D eigenvalue weighted by Crippen LogP contribution is 2.65. The van der Waals surface area contributed by atoms with Gasteiger partial charge in [-0.15, -0.1) is 0 Å². The minimum Gasteiger partial charge on any atom is -0.435 e. The van der Waals surface area contributed by atoms with Gasteiger partial charge < -0.3 is 14.2 Å². The molecule has 2 saturated heterocycles. The predicted octanol–water partition coefficient (Wildman–Crippen LogP) is 4.21. The first-order valence-corrected chi connectivity index (χ1v) is 10.3. The quantitative estimate of drug-likeness (QED) is 0.534. The van der Waals surface area contributed by atoms with Gasteiger partial charge in [0.2, 0.25) is 12.6 Å². The Morgan fingerprint density at radius 3 is 2.70 bits per heavy atom. The molecular formula is C22H32O5. The zero-order chi connectivity index (χ0) is 19.6. The van der Waals surface area contributed by atoms with Crippen LogP contribution in [0.1, 0.15) is 66.2 Å². The van der Waals surface area contributed by atoms with Crippen molar-refractivity contribution in [2.75, 3.05) is 0 Å². The summed E-state index contributed by atoms with van der Waals surface area (Å²) in [4.78, 5) is 23.6. The van der Waals surface area contributed by atoms with Crippen molar-refractivity contribution in [2.24, 2.45) is 34.5 Å². The van der Waals surface area contributed by atoms with Crippen molar-refractivity contribution in [3.63, 3.8) is 0 Å². The number of carbonyl (C=O) groups is 2. The SMILES string of the molecule is C=C1CCCC(C)(C)[C@@H]2CC[C@@](C)([C@@H]3C4OC(=O)CC3[C@H](OC(C)=O)O4)[C@H]12. The fraction of sp³-hybridized carbons (Fsp3) is 0.818. The monoisotopic (exact) mass is 376 g/mol. The molecule has 4 rings (SSSR count). The van der Waals surface area contributed by atoms with Crippen LogP contribution in [0.5, 0.6) is 0 Å². The Morgan fingerprint density at radius 2 is 2.00 bits per heavy atom. The first-order chi connectivity index (χ1) is 12.6. The lowest BCUT2D eigenvalue weighted by atomic mass is 9.59. The van der Waals surface area contributed by atoms with Crippen molar-refractivity contribution in [1.82, 2.24) is 0 Å². The van der Waals surface area contributed by atoms with Crippen LogP contribution in [-0.2, 0) is 23.8 Å². The van der Waals surface area contributed by atoms with E-state index in [4.69, 9.17) is 14.2 Å². The third-order valence-corrected chi connectivity index (χ3v) is 7.94. The number of esters is 2. The van der Waals surface area contributed by atoms with Gasteiger partial charge in [0.1, 0.15) is 0 Å². The van der Waals surface area contributed by atoms with E-state index in [0.717, 1.165) is 19.3 Å². The van der Waals surface area contributed by atoms with Gasteiger partial charge in [0, 0.05) is 18.8 Å². The molecular weight excluding hydrogens is 344 g/mol. The highest BCUT2D eigenvalue weighted by atomic mass is 16.8. The molecule has 2 unspecified atom stereocenters. The number of hydrogen-bond donors (Lipinski definition) is 0. The van der Waals surface area contributed by atoms with Crippen LogP contribution in [0, 0.1) is 34.5 Å². The van der Waals surface area contributed by atoms with Crippen LogP contribution in [0.2, 0.25) is 0 Å². The average molecular weight is 376 g/mol. The second-order valence-electron chi connectivity index (χ2n) is 9.99. The standard InChI is InChI=1S/C22H32O5/c1-12-7-6-9-21(3,4)15-8-10-22(5,17(12)15)18-14-11-16(24)26-20(18)27-19(14)25-13(2)23/h14-15,17-20H,1,6-11H2,2-5H3/t14?,15-,17-,18+,19-,20?,22-/m1/s1. The van der Waals surface area contributed by atoms with Gasteiger partial charge >= 0.3 is 11.9 Å². The van der Waals surface area contributed by atoms with E-state index in [-0.39, 0.29) is 41.0 Å². The van der Waals surface area contributed by atoms with Crippen LogP contribution >= 0.6 is 0 Å². The van der Waals surface area contributed by atoms with E-state index in [9.17, 15) is 9.59 Å². The third-order valence-electron chi connectivity index (χ3n) is 7.94. The number of carbonyl (C=O) groups excluding carboxylic acids is 2. The summed E-state index contributed by atoms with van der Waals surface area (Å²) in [5.41, 5.74) is 1.56. The summed E-state index contributed by atoms with van der Waals surface area (Å²) < 4.78 is 17.0. The molecule has 27 heavy (non-hydrogen) atoms. The van der Waals surface area contributed by atoms with Gasteiger partial charge in [0.15, 0.2) is 0 Å². The first-order valence-electron chi connectivity index (χ1n) is 10.3. The molecule has 2 saturated carbocycles. The van der Waals surface area contributed by atoms with Crippen LogP contribution in [0.25, 0.3) is 0 Å². The minimum atomic E-state index is -0.688. The predicted molar refractivity (Wildman–Crippen MR) is 99.2 cm³/mol. The van der Waals surface area contributed by atoms with E-state index in [1.54, 1.807) is 0 Å². The maximum absolute atomic E-state index is 12.1. The molecule has 4 fully saturated rings. The molecule has 2 aliphatic heterocycles. The Bertz CT molecular complexity index is 668. The third kappa shape index (κ3) is 2.93. The van der Waals surface area contributed by atoms with E-state index in [2.05, 4.69) is 27.4 Å². The maximum atomic E-state index is 12.1. The zero-order valence-corrected chi connectivity index (χ0v) is 17.0. The van der Waals surface area contributed by atoms with Gasteiger partial charge in [-0.25, -0.2) is 0 Å². The van der Waals surface area contributed by atoms with E-state index < -0.39 is 12.6 Å². The minimum absolute atomic E-state index is 0.0419. The van der Waals surface area contributed by atoms with Crippen molar-refractivity contribution in [3.05, 3.63) is 12.2 Å². The van der Waals surface area contributed by atoms with E-state index in [1.807, 2.05) is 0 Å². The summed E-state index contributed by atoms with van der Waals surface area (Å²) in [6.07, 6.45) is 4.65. The molecule has 0 aromatic heterocycles. The molecule has 150 valence electrons. The van der Waals surface area contributed by atoms with Crippen molar-refractivity contribution < 1.29 is 23.8 Å². The van der Waals surface area contributed by atoms with E-state index >= 15 is 0 Å². The van der Waals surface area contributed by atoms with E-state index in [0.29, 0.717) is 11.8 Å². The fourth-order valence-corrected chi connectivity index (χ4v) is 6.79. The van der Waals surface area contributed by atoms with Crippen molar-refractivity contribution >= 4 is 11.9 Å². The number of ether oxygens (including phenoxy) is 3.